The van der Waals surface area contributed by atoms with Crippen LogP contribution in [0.15, 0.2) is 20.3 Å². The largest absolute Gasteiger partial charge is 0.328 e. The molecule has 0 unspecified atom stereocenters. The van der Waals surface area contributed by atoms with Gasteiger partial charge in [0.1, 0.15) is 0 Å². The molecule has 14 heavy (non-hydrogen) atoms. The van der Waals surface area contributed by atoms with E-state index < -0.39 is 0 Å². The van der Waals surface area contributed by atoms with E-state index in [2.05, 4.69) is 20.9 Å². The molecule has 0 aromatic carbocycles. The first-order valence-electron chi connectivity index (χ1n) is 4.15. The summed E-state index contributed by atoms with van der Waals surface area (Å²) < 4.78 is 1.54. The van der Waals surface area contributed by atoms with Gasteiger partial charge in [-0.3, -0.25) is 9.36 Å². The van der Waals surface area contributed by atoms with Gasteiger partial charge in [-0.1, -0.05) is 0 Å². The number of likely N-dealkylation sites (N-methyl/N-ethyl adjacent to an activating group) is 1. The van der Waals surface area contributed by atoms with E-state index in [0.717, 1.165) is 0 Å². The standard InChI is InChI=1S/C8H12BrN3O2/c1-11(2)3-4-12-7(13)6(9)5-10-8(12)14/h5H,3-4H2,1-2H3,(H,10,14). The zero-order chi connectivity index (χ0) is 10.7. The minimum Gasteiger partial charge on any atom is -0.313 e. The number of hydrogen-bond acceptors (Lipinski definition) is 3. The number of nitrogens with one attached hydrogen (secondary N) is 1. The Kier molecular flexibility index (Phi) is 3.65. The molecular formula is C8H12BrN3O2. The van der Waals surface area contributed by atoms with Crippen LogP contribution < -0.4 is 11.2 Å². The fourth-order valence-corrected chi connectivity index (χ4v) is 1.32. The van der Waals surface area contributed by atoms with Crippen LogP contribution in [0.25, 0.3) is 0 Å². The number of H-pyrrole nitrogens is 1. The summed E-state index contributed by atoms with van der Waals surface area (Å²) in [5.41, 5.74) is -0.671. The van der Waals surface area contributed by atoms with Crippen molar-refractivity contribution in [2.45, 2.75) is 6.54 Å². The van der Waals surface area contributed by atoms with Crippen molar-refractivity contribution in [1.82, 2.24) is 14.5 Å². The summed E-state index contributed by atoms with van der Waals surface area (Å²) in [7, 11) is 3.77. The number of nitrogens with zero attached hydrogens (tertiary/aromatic N) is 2. The van der Waals surface area contributed by atoms with Crippen LogP contribution in [0.3, 0.4) is 0 Å². The summed E-state index contributed by atoms with van der Waals surface area (Å²) in [5, 5.41) is 0. The highest BCUT2D eigenvalue weighted by molar-refractivity contribution is 9.10. The molecule has 6 heteroatoms. The predicted octanol–water partition coefficient (Wildman–Crippen LogP) is -0.139. The third-order valence-electron chi connectivity index (χ3n) is 1.79. The van der Waals surface area contributed by atoms with Crippen molar-refractivity contribution in [3.63, 3.8) is 0 Å². The van der Waals surface area contributed by atoms with E-state index in [0.29, 0.717) is 17.6 Å². The van der Waals surface area contributed by atoms with E-state index in [4.69, 9.17) is 0 Å². The average molecular weight is 262 g/mol. The maximum Gasteiger partial charge on any atom is 0.328 e. The minimum absolute atomic E-state index is 0.296. The molecule has 5 nitrogen and oxygen atoms in total. The molecule has 0 saturated carbocycles. The van der Waals surface area contributed by atoms with Crippen molar-refractivity contribution in [2.75, 3.05) is 20.6 Å². The van der Waals surface area contributed by atoms with E-state index in [9.17, 15) is 9.59 Å². The Morgan fingerprint density at radius 3 is 2.71 bits per heavy atom. The second-order valence-electron chi connectivity index (χ2n) is 3.20. The lowest BCUT2D eigenvalue weighted by atomic mass is 10.5. The molecule has 0 atom stereocenters. The molecule has 0 bridgehead atoms. The first-order valence-corrected chi connectivity index (χ1v) is 4.94. The van der Waals surface area contributed by atoms with Crippen LogP contribution in [0.5, 0.6) is 0 Å². The molecule has 0 saturated heterocycles. The topological polar surface area (TPSA) is 58.1 Å². The summed E-state index contributed by atoms with van der Waals surface area (Å²) in [5.74, 6) is 0. The third-order valence-corrected chi connectivity index (χ3v) is 2.36. The maximum absolute atomic E-state index is 11.5. The number of hydrogen-bond donors (Lipinski definition) is 1. The maximum atomic E-state index is 11.5. The molecule has 0 fully saturated rings. The fourth-order valence-electron chi connectivity index (χ4n) is 0.989. The van der Waals surface area contributed by atoms with Gasteiger partial charge in [-0.25, -0.2) is 4.79 Å². The van der Waals surface area contributed by atoms with Gasteiger partial charge in [-0.2, -0.15) is 0 Å². The Balaban J connectivity index is 3.02. The second-order valence-corrected chi connectivity index (χ2v) is 4.06. The first kappa shape index (κ1) is 11.2. The zero-order valence-electron chi connectivity index (χ0n) is 8.08. The van der Waals surface area contributed by atoms with Crippen LogP contribution in [-0.4, -0.2) is 35.1 Å². The average Bonchev–Trinajstić information content (AvgIpc) is 2.11. The van der Waals surface area contributed by atoms with Crippen LogP contribution >= 0.6 is 15.9 Å². The Labute approximate surface area is 89.5 Å². The molecule has 1 heterocycles. The van der Waals surface area contributed by atoms with Crippen molar-refractivity contribution in [3.05, 3.63) is 31.5 Å². The van der Waals surface area contributed by atoms with Crippen LogP contribution in [0.1, 0.15) is 0 Å². The second kappa shape index (κ2) is 4.56. The summed E-state index contributed by atoms with van der Waals surface area (Å²) in [4.78, 5) is 27.1. The van der Waals surface area contributed by atoms with Crippen LogP contribution in [0.2, 0.25) is 0 Å². The quantitative estimate of drug-likeness (QED) is 0.824. The van der Waals surface area contributed by atoms with Crippen LogP contribution in [0.4, 0.5) is 0 Å². The van der Waals surface area contributed by atoms with Gasteiger partial charge in [-0.15, -0.1) is 0 Å². The van der Waals surface area contributed by atoms with Gasteiger partial charge in [-0.05, 0) is 30.0 Å². The molecule has 1 rings (SSSR count). The van der Waals surface area contributed by atoms with E-state index in [-0.39, 0.29) is 11.2 Å². The van der Waals surface area contributed by atoms with Crippen molar-refractivity contribution >= 4 is 15.9 Å². The number of rotatable bonds is 3. The van der Waals surface area contributed by atoms with Gasteiger partial charge in [0.15, 0.2) is 0 Å². The summed E-state index contributed by atoms with van der Waals surface area (Å²) in [6.45, 7) is 1.04. The highest BCUT2D eigenvalue weighted by Gasteiger charge is 2.04. The van der Waals surface area contributed by atoms with Gasteiger partial charge in [0.2, 0.25) is 0 Å². The van der Waals surface area contributed by atoms with E-state index in [1.54, 1.807) is 0 Å². The molecule has 78 valence electrons. The Morgan fingerprint density at radius 1 is 1.50 bits per heavy atom. The molecule has 0 aliphatic carbocycles. The molecular weight excluding hydrogens is 250 g/mol. The first-order chi connectivity index (χ1) is 6.52. The zero-order valence-corrected chi connectivity index (χ0v) is 9.67. The number of aromatic amines is 1. The molecule has 0 spiro atoms. The fraction of sp³-hybridized carbons (Fsp3) is 0.500. The molecule has 1 aromatic rings. The normalized spacial score (nSPS) is 10.9. The molecule has 1 N–H and O–H groups in total. The molecule has 0 aliphatic rings. The smallest absolute Gasteiger partial charge is 0.313 e. The molecule has 0 radical (unpaired) electrons. The lowest BCUT2D eigenvalue weighted by Gasteiger charge is -2.10. The van der Waals surface area contributed by atoms with E-state index in [1.807, 2.05) is 19.0 Å². The van der Waals surface area contributed by atoms with Crippen molar-refractivity contribution < 1.29 is 0 Å². The third kappa shape index (κ3) is 2.55. The van der Waals surface area contributed by atoms with Gasteiger partial charge >= 0.3 is 5.69 Å². The predicted molar refractivity (Wildman–Crippen MR) is 57.6 cm³/mol. The highest BCUT2D eigenvalue weighted by Crippen LogP contribution is 1.95. The minimum atomic E-state index is -0.375. The van der Waals surface area contributed by atoms with Gasteiger partial charge in [0.25, 0.3) is 5.56 Å². The van der Waals surface area contributed by atoms with Gasteiger partial charge < -0.3 is 9.88 Å². The Hall–Kier alpha value is -0.880. The monoisotopic (exact) mass is 261 g/mol. The number of aromatic nitrogens is 2. The summed E-state index contributed by atoms with van der Waals surface area (Å²) >= 11 is 3.07. The van der Waals surface area contributed by atoms with Gasteiger partial charge in [0.05, 0.1) is 4.47 Å². The van der Waals surface area contributed by atoms with Gasteiger partial charge in [0, 0.05) is 19.3 Å². The van der Waals surface area contributed by atoms with Crippen molar-refractivity contribution in [1.29, 1.82) is 0 Å². The summed E-state index contributed by atoms with van der Waals surface area (Å²) in [6.07, 6.45) is 1.36. The highest BCUT2D eigenvalue weighted by atomic mass is 79.9. The Morgan fingerprint density at radius 2 is 2.14 bits per heavy atom. The van der Waals surface area contributed by atoms with Crippen LogP contribution in [0, 0.1) is 0 Å². The lowest BCUT2D eigenvalue weighted by Crippen LogP contribution is -2.37. The summed E-state index contributed by atoms with van der Waals surface area (Å²) in [6, 6.07) is 0. The molecule has 0 aliphatic heterocycles. The van der Waals surface area contributed by atoms with Crippen molar-refractivity contribution in [3.8, 4) is 0 Å². The van der Waals surface area contributed by atoms with E-state index >= 15 is 0 Å². The Bertz CT molecular complexity index is 421. The number of halogens is 1. The van der Waals surface area contributed by atoms with E-state index in [1.165, 1.54) is 10.8 Å². The SMILES string of the molecule is CN(C)CCn1c(=O)[nH]cc(Br)c1=O. The molecule has 1 aromatic heterocycles. The lowest BCUT2D eigenvalue weighted by molar-refractivity contribution is 0.376. The van der Waals surface area contributed by atoms with Crippen LogP contribution in [-0.2, 0) is 6.54 Å². The van der Waals surface area contributed by atoms with Crippen molar-refractivity contribution in [2.24, 2.45) is 0 Å². The molecule has 0 amide bonds.